The van der Waals surface area contributed by atoms with Gasteiger partial charge in [-0.15, -0.1) is 0 Å². The molecule has 4 rings (SSSR count). The number of halogens is 1. The van der Waals surface area contributed by atoms with Crippen molar-refractivity contribution in [3.05, 3.63) is 93.7 Å². The van der Waals surface area contributed by atoms with E-state index in [1.165, 1.54) is 5.56 Å². The third-order valence-corrected chi connectivity index (χ3v) is 5.10. The summed E-state index contributed by atoms with van der Waals surface area (Å²) >= 11 is 3.40. The highest BCUT2D eigenvalue weighted by Crippen LogP contribution is 2.18. The minimum absolute atomic E-state index is 0.119. The van der Waals surface area contributed by atoms with E-state index in [0.717, 1.165) is 45.4 Å². The van der Waals surface area contributed by atoms with Crippen molar-refractivity contribution >= 4 is 38.6 Å². The number of hydrogen-bond acceptors (Lipinski definition) is 2. The molecule has 2 N–H and O–H groups in total. The quantitative estimate of drug-likeness (QED) is 0.425. The van der Waals surface area contributed by atoms with E-state index >= 15 is 0 Å². The molecule has 28 heavy (non-hydrogen) atoms. The van der Waals surface area contributed by atoms with Crippen LogP contribution in [0.25, 0.3) is 11.0 Å². The third-order valence-electron chi connectivity index (χ3n) is 4.61. The van der Waals surface area contributed by atoms with Crippen LogP contribution >= 0.6 is 15.9 Å². The number of aromatic amines is 1. The number of imidazole rings is 1. The van der Waals surface area contributed by atoms with Crippen molar-refractivity contribution in [2.75, 3.05) is 5.32 Å². The summed E-state index contributed by atoms with van der Waals surface area (Å²) in [5, 5.41) is 2.97. The number of nitrogens with zero attached hydrogens (tertiary/aromatic N) is 1. The molecule has 140 valence electrons. The maximum atomic E-state index is 12.4. The van der Waals surface area contributed by atoms with Crippen LogP contribution in [-0.2, 0) is 12.8 Å². The summed E-state index contributed by atoms with van der Waals surface area (Å²) in [5.74, 6) is 0.857. The summed E-state index contributed by atoms with van der Waals surface area (Å²) in [6.07, 6.45) is 1.66. The zero-order valence-electron chi connectivity index (χ0n) is 15.5. The van der Waals surface area contributed by atoms with E-state index in [9.17, 15) is 4.79 Å². The molecule has 0 aliphatic rings. The summed E-state index contributed by atoms with van der Waals surface area (Å²) in [5.41, 5.74) is 5.86. The number of hydrogen-bond donors (Lipinski definition) is 2. The lowest BCUT2D eigenvalue weighted by Crippen LogP contribution is -2.12. The standard InChI is InChI=1S/C23H20BrN3O/c1-15-8-10-20-21(12-15)27-22(26-20)11-9-16-4-2-7-19(13-16)25-23(28)17-5-3-6-18(24)14-17/h2-8,10,12-14H,9,11H2,1H3,(H,25,28)(H,26,27). The molecule has 5 heteroatoms. The first kappa shape index (κ1) is 18.4. The van der Waals surface area contributed by atoms with Gasteiger partial charge in [-0.25, -0.2) is 4.98 Å². The lowest BCUT2D eigenvalue weighted by Gasteiger charge is -2.08. The topological polar surface area (TPSA) is 57.8 Å². The van der Waals surface area contributed by atoms with Crippen molar-refractivity contribution < 1.29 is 4.79 Å². The Hall–Kier alpha value is -2.92. The highest BCUT2D eigenvalue weighted by Gasteiger charge is 2.08. The number of rotatable bonds is 5. The number of amides is 1. The zero-order valence-corrected chi connectivity index (χ0v) is 17.1. The lowest BCUT2D eigenvalue weighted by atomic mass is 10.1. The molecule has 0 atom stereocenters. The minimum Gasteiger partial charge on any atom is -0.342 e. The third kappa shape index (κ3) is 4.31. The molecule has 0 fully saturated rings. The monoisotopic (exact) mass is 433 g/mol. The molecule has 0 aliphatic carbocycles. The van der Waals surface area contributed by atoms with Crippen molar-refractivity contribution in [3.63, 3.8) is 0 Å². The van der Waals surface area contributed by atoms with Crippen molar-refractivity contribution in [3.8, 4) is 0 Å². The molecule has 1 heterocycles. The van der Waals surface area contributed by atoms with Crippen molar-refractivity contribution in [2.45, 2.75) is 19.8 Å². The Morgan fingerprint density at radius 1 is 1.04 bits per heavy atom. The summed E-state index contributed by atoms with van der Waals surface area (Å²) in [4.78, 5) is 20.5. The zero-order chi connectivity index (χ0) is 19.5. The summed E-state index contributed by atoms with van der Waals surface area (Å²) in [7, 11) is 0. The number of aryl methyl sites for hydroxylation is 3. The fraction of sp³-hybridized carbons (Fsp3) is 0.130. The normalized spacial score (nSPS) is 10.9. The molecule has 4 nitrogen and oxygen atoms in total. The Kier molecular flexibility index (Phi) is 5.26. The minimum atomic E-state index is -0.119. The van der Waals surface area contributed by atoms with Crippen molar-refractivity contribution in [1.29, 1.82) is 0 Å². The molecule has 1 amide bonds. The Morgan fingerprint density at radius 2 is 1.89 bits per heavy atom. The van der Waals surface area contributed by atoms with Gasteiger partial charge in [0.25, 0.3) is 5.91 Å². The van der Waals surface area contributed by atoms with Crippen molar-refractivity contribution in [1.82, 2.24) is 9.97 Å². The number of anilines is 1. The van der Waals surface area contributed by atoms with E-state index in [4.69, 9.17) is 0 Å². The van der Waals surface area contributed by atoms with Gasteiger partial charge in [0.05, 0.1) is 11.0 Å². The number of benzene rings is 3. The van der Waals surface area contributed by atoms with Crippen LogP contribution in [0.2, 0.25) is 0 Å². The molecular formula is C23H20BrN3O. The van der Waals surface area contributed by atoms with E-state index in [-0.39, 0.29) is 5.91 Å². The number of carbonyl (C=O) groups excluding carboxylic acids is 1. The van der Waals surface area contributed by atoms with Gasteiger partial charge in [0.2, 0.25) is 0 Å². The molecule has 0 radical (unpaired) electrons. The van der Waals surface area contributed by atoms with Crippen LogP contribution in [0.3, 0.4) is 0 Å². The van der Waals surface area contributed by atoms with Crippen LogP contribution in [0.15, 0.2) is 71.2 Å². The average molecular weight is 434 g/mol. The van der Waals surface area contributed by atoms with E-state index in [0.29, 0.717) is 5.56 Å². The molecule has 0 bridgehead atoms. The number of nitrogens with one attached hydrogen (secondary N) is 2. The van der Waals surface area contributed by atoms with Gasteiger partial charge in [-0.05, 0) is 66.9 Å². The second-order valence-electron chi connectivity index (χ2n) is 6.87. The predicted octanol–water partition coefficient (Wildman–Crippen LogP) is 5.67. The van der Waals surface area contributed by atoms with Gasteiger partial charge in [-0.3, -0.25) is 4.79 Å². The van der Waals surface area contributed by atoms with Gasteiger partial charge in [0.1, 0.15) is 5.82 Å². The Bertz CT molecular complexity index is 1150. The molecule has 0 saturated carbocycles. The molecule has 4 aromatic rings. The lowest BCUT2D eigenvalue weighted by molar-refractivity contribution is 0.102. The Morgan fingerprint density at radius 3 is 2.75 bits per heavy atom. The largest absolute Gasteiger partial charge is 0.342 e. The van der Waals surface area contributed by atoms with Crippen LogP contribution in [0.4, 0.5) is 5.69 Å². The highest BCUT2D eigenvalue weighted by atomic mass is 79.9. The van der Waals surface area contributed by atoms with Crippen molar-refractivity contribution in [2.24, 2.45) is 0 Å². The second kappa shape index (κ2) is 7.98. The summed E-state index contributed by atoms with van der Waals surface area (Å²) in [6.45, 7) is 2.08. The average Bonchev–Trinajstić information content (AvgIpc) is 3.08. The maximum absolute atomic E-state index is 12.4. The first-order chi connectivity index (χ1) is 13.6. The van der Waals surface area contributed by atoms with Crippen LogP contribution in [-0.4, -0.2) is 15.9 Å². The molecule has 3 aromatic carbocycles. The van der Waals surface area contributed by atoms with E-state index < -0.39 is 0 Å². The molecule has 1 aromatic heterocycles. The van der Waals surface area contributed by atoms with Gasteiger partial charge in [0, 0.05) is 22.1 Å². The second-order valence-corrected chi connectivity index (χ2v) is 7.78. The number of carbonyl (C=O) groups is 1. The van der Waals surface area contributed by atoms with E-state index in [2.05, 4.69) is 56.3 Å². The Balaban J connectivity index is 1.43. The fourth-order valence-corrected chi connectivity index (χ4v) is 3.59. The van der Waals surface area contributed by atoms with Crippen LogP contribution in [0.1, 0.15) is 27.3 Å². The maximum Gasteiger partial charge on any atom is 0.255 e. The van der Waals surface area contributed by atoms with Gasteiger partial charge in [0.15, 0.2) is 0 Å². The Labute approximate surface area is 172 Å². The fourth-order valence-electron chi connectivity index (χ4n) is 3.20. The van der Waals surface area contributed by atoms with E-state index in [1.807, 2.05) is 42.5 Å². The molecule has 0 spiro atoms. The van der Waals surface area contributed by atoms with Crippen LogP contribution in [0, 0.1) is 6.92 Å². The number of fused-ring (bicyclic) bond motifs is 1. The van der Waals surface area contributed by atoms with E-state index in [1.54, 1.807) is 6.07 Å². The molecule has 0 unspecified atom stereocenters. The van der Waals surface area contributed by atoms with Gasteiger partial charge in [-0.1, -0.05) is 40.2 Å². The van der Waals surface area contributed by atoms with Gasteiger partial charge in [-0.2, -0.15) is 0 Å². The highest BCUT2D eigenvalue weighted by molar-refractivity contribution is 9.10. The predicted molar refractivity (Wildman–Crippen MR) is 117 cm³/mol. The molecule has 0 saturated heterocycles. The molecular weight excluding hydrogens is 414 g/mol. The number of H-pyrrole nitrogens is 1. The van der Waals surface area contributed by atoms with Gasteiger partial charge >= 0.3 is 0 Å². The number of aromatic nitrogens is 2. The first-order valence-corrected chi connectivity index (χ1v) is 9.97. The SMILES string of the molecule is Cc1ccc2nc(CCc3cccc(NC(=O)c4cccc(Br)c4)c3)[nH]c2c1. The van der Waals surface area contributed by atoms with Crippen LogP contribution < -0.4 is 5.32 Å². The van der Waals surface area contributed by atoms with Gasteiger partial charge < -0.3 is 10.3 Å². The smallest absolute Gasteiger partial charge is 0.255 e. The summed E-state index contributed by atoms with van der Waals surface area (Å²) in [6, 6.07) is 21.6. The molecule has 0 aliphatic heterocycles. The first-order valence-electron chi connectivity index (χ1n) is 9.18. The van der Waals surface area contributed by atoms with Crippen LogP contribution in [0.5, 0.6) is 0 Å². The summed E-state index contributed by atoms with van der Waals surface area (Å²) < 4.78 is 0.884.